The maximum atomic E-state index is 12.7. The Bertz CT molecular complexity index is 891. The number of aliphatic hydroxyl groups excluding tert-OH is 1. The number of morpholine rings is 1. The van der Waals surface area contributed by atoms with E-state index in [2.05, 4.69) is 22.8 Å². The summed E-state index contributed by atoms with van der Waals surface area (Å²) in [6, 6.07) is 4.46. The van der Waals surface area contributed by atoms with Crippen molar-refractivity contribution in [3.63, 3.8) is 0 Å². The van der Waals surface area contributed by atoms with E-state index >= 15 is 0 Å². The van der Waals surface area contributed by atoms with Crippen molar-refractivity contribution in [2.24, 2.45) is 0 Å². The minimum Gasteiger partial charge on any atom is -0.492 e. The van der Waals surface area contributed by atoms with Gasteiger partial charge in [-0.3, -0.25) is 9.80 Å². The number of hydrogen-bond donors (Lipinski definition) is 1. The molecule has 9 nitrogen and oxygen atoms in total. The van der Waals surface area contributed by atoms with E-state index in [0.29, 0.717) is 24.0 Å². The highest BCUT2D eigenvalue weighted by atomic mass is 16.6. The highest BCUT2D eigenvalue weighted by Gasteiger charge is 2.32. The zero-order valence-corrected chi connectivity index (χ0v) is 24.5. The zero-order chi connectivity index (χ0) is 27.9. The summed E-state index contributed by atoms with van der Waals surface area (Å²) in [5.41, 5.74) is 2.06. The Morgan fingerprint density at radius 3 is 2.37 bits per heavy atom. The minimum absolute atomic E-state index is 0.254. The van der Waals surface area contributed by atoms with E-state index in [9.17, 15) is 9.90 Å². The second-order valence-electron chi connectivity index (χ2n) is 11.4. The number of anilines is 1. The van der Waals surface area contributed by atoms with Crippen molar-refractivity contribution in [2.75, 3.05) is 65.1 Å². The third-order valence-corrected chi connectivity index (χ3v) is 7.68. The van der Waals surface area contributed by atoms with Crippen LogP contribution in [0, 0.1) is 6.92 Å². The fourth-order valence-electron chi connectivity index (χ4n) is 5.48. The first-order valence-corrected chi connectivity index (χ1v) is 14.0. The summed E-state index contributed by atoms with van der Waals surface area (Å²) in [7, 11) is 3.35. The number of nitrogens with zero attached hydrogens (tertiary/aromatic N) is 3. The number of methoxy groups -OCH3 is 1. The van der Waals surface area contributed by atoms with Gasteiger partial charge in [0.15, 0.2) is 0 Å². The summed E-state index contributed by atoms with van der Waals surface area (Å²) in [5, 5.41) is 10.6. The predicted octanol–water partition coefficient (Wildman–Crippen LogP) is 3.65. The average molecular weight is 536 g/mol. The number of rotatable bonds is 11. The molecule has 216 valence electrons. The minimum atomic E-state index is -0.921. The van der Waals surface area contributed by atoms with Crippen LogP contribution in [0.5, 0.6) is 5.75 Å². The van der Waals surface area contributed by atoms with E-state index in [1.54, 1.807) is 6.07 Å². The maximum Gasteiger partial charge on any atom is 0.338 e. The molecule has 1 aromatic rings. The van der Waals surface area contributed by atoms with Crippen LogP contribution in [0.2, 0.25) is 0 Å². The third-order valence-electron chi connectivity index (χ3n) is 7.68. The smallest absolute Gasteiger partial charge is 0.338 e. The number of aliphatic hydroxyl groups is 1. The molecule has 1 atom stereocenters. The van der Waals surface area contributed by atoms with Gasteiger partial charge in [0.2, 0.25) is 6.41 Å². The van der Waals surface area contributed by atoms with Crippen LogP contribution in [0.4, 0.5) is 5.69 Å². The average Bonchev–Trinajstić information content (AvgIpc) is 2.89. The van der Waals surface area contributed by atoms with Crippen LogP contribution in [0.15, 0.2) is 12.1 Å². The Balaban J connectivity index is 1.71. The predicted molar refractivity (Wildman–Crippen MR) is 149 cm³/mol. The lowest BCUT2D eigenvalue weighted by Gasteiger charge is -2.42. The number of hydrogen-bond acceptors (Lipinski definition) is 9. The first kappa shape index (κ1) is 30.6. The van der Waals surface area contributed by atoms with Gasteiger partial charge >= 0.3 is 5.97 Å². The number of ether oxygens (including phenoxy) is 4. The van der Waals surface area contributed by atoms with Gasteiger partial charge in [-0.25, -0.2) is 4.79 Å². The van der Waals surface area contributed by atoms with Gasteiger partial charge in [0.05, 0.1) is 31.5 Å². The lowest BCUT2D eigenvalue weighted by Crippen LogP contribution is -2.48. The fourth-order valence-corrected chi connectivity index (χ4v) is 5.48. The molecule has 0 aromatic heterocycles. The largest absolute Gasteiger partial charge is 0.492 e. The van der Waals surface area contributed by atoms with Crippen LogP contribution in [-0.4, -0.2) is 105 Å². The summed E-state index contributed by atoms with van der Waals surface area (Å²) in [6.45, 7) is 15.5. The first-order valence-electron chi connectivity index (χ1n) is 14.0. The van der Waals surface area contributed by atoms with E-state index in [1.807, 2.05) is 39.6 Å². The normalized spacial score (nSPS) is 21.8. The van der Waals surface area contributed by atoms with E-state index < -0.39 is 12.0 Å². The Labute approximate surface area is 229 Å². The van der Waals surface area contributed by atoms with Crippen molar-refractivity contribution in [1.29, 1.82) is 0 Å². The van der Waals surface area contributed by atoms with Crippen molar-refractivity contribution in [2.45, 2.75) is 84.4 Å². The summed E-state index contributed by atoms with van der Waals surface area (Å²) >= 11 is 0. The molecule has 0 spiro atoms. The molecule has 1 aromatic carbocycles. The van der Waals surface area contributed by atoms with Crippen molar-refractivity contribution in [3.05, 3.63) is 23.3 Å². The summed E-state index contributed by atoms with van der Waals surface area (Å²) in [4.78, 5) is 19.3. The molecule has 0 radical (unpaired) electrons. The zero-order valence-electron chi connectivity index (χ0n) is 24.5. The SMILES string of the molecule is CCN(c1cc(OCCN2CCOCC2)cc(C(=O)OC)c1C)[C@H]1CC[C@H](N(C)C(O)OC(C)(C)C)CC1. The van der Waals surface area contributed by atoms with Crippen molar-refractivity contribution in [1.82, 2.24) is 9.80 Å². The van der Waals surface area contributed by atoms with Crippen LogP contribution in [-0.2, 0) is 14.2 Å². The molecule has 1 unspecified atom stereocenters. The second-order valence-corrected chi connectivity index (χ2v) is 11.4. The molecule has 1 aliphatic carbocycles. The molecule has 1 aliphatic heterocycles. The fraction of sp³-hybridized carbons (Fsp3) is 0.759. The third kappa shape index (κ3) is 8.29. The number of benzene rings is 1. The Morgan fingerprint density at radius 1 is 1.16 bits per heavy atom. The van der Waals surface area contributed by atoms with Crippen LogP contribution in [0.25, 0.3) is 0 Å². The summed E-state index contributed by atoms with van der Waals surface area (Å²) in [5.74, 6) is 0.338. The molecule has 0 bridgehead atoms. The monoisotopic (exact) mass is 535 g/mol. The molecule has 9 heteroatoms. The van der Waals surface area contributed by atoms with E-state index in [0.717, 1.165) is 76.3 Å². The molecule has 38 heavy (non-hydrogen) atoms. The van der Waals surface area contributed by atoms with E-state index in [4.69, 9.17) is 18.9 Å². The number of carbonyl (C=O) groups excluding carboxylic acids is 1. The van der Waals surface area contributed by atoms with Crippen molar-refractivity contribution < 1.29 is 28.8 Å². The van der Waals surface area contributed by atoms with Gasteiger partial charge < -0.3 is 29.0 Å². The van der Waals surface area contributed by atoms with Crippen LogP contribution in [0.3, 0.4) is 0 Å². The quantitative estimate of drug-likeness (QED) is 0.337. The van der Waals surface area contributed by atoms with Crippen LogP contribution in [0.1, 0.15) is 69.3 Å². The van der Waals surface area contributed by atoms with Gasteiger partial charge in [0, 0.05) is 50.0 Å². The highest BCUT2D eigenvalue weighted by Crippen LogP contribution is 2.35. The lowest BCUT2D eigenvalue weighted by atomic mass is 9.88. The van der Waals surface area contributed by atoms with Crippen molar-refractivity contribution in [3.8, 4) is 5.75 Å². The molecule has 2 fully saturated rings. The maximum absolute atomic E-state index is 12.7. The van der Waals surface area contributed by atoms with Crippen LogP contribution < -0.4 is 9.64 Å². The Hall–Kier alpha value is -1.91. The highest BCUT2D eigenvalue weighted by molar-refractivity contribution is 5.93. The molecule has 1 saturated heterocycles. The lowest BCUT2D eigenvalue weighted by molar-refractivity contribution is -0.243. The first-order chi connectivity index (χ1) is 18.0. The molecule has 2 aliphatic rings. The van der Waals surface area contributed by atoms with E-state index in [-0.39, 0.29) is 12.0 Å². The van der Waals surface area contributed by atoms with Gasteiger partial charge in [-0.2, -0.15) is 0 Å². The molecule has 0 amide bonds. The number of esters is 1. The van der Waals surface area contributed by atoms with Gasteiger partial charge in [-0.15, -0.1) is 0 Å². The summed E-state index contributed by atoms with van der Waals surface area (Å²) < 4.78 is 22.5. The van der Waals surface area contributed by atoms with Crippen molar-refractivity contribution >= 4 is 11.7 Å². The molecule has 1 saturated carbocycles. The Kier molecular flexibility index (Phi) is 11.2. The molecule has 1 heterocycles. The topological polar surface area (TPSA) is 83.9 Å². The Morgan fingerprint density at radius 2 is 1.79 bits per heavy atom. The van der Waals surface area contributed by atoms with E-state index in [1.165, 1.54) is 7.11 Å². The molecular formula is C29H49N3O6. The standard InChI is InChI=1S/C29H49N3O6/c1-8-32(23-11-9-22(10-12-23)30(6)28(34)38-29(3,4)5)26-20-24(19-25(21(26)2)27(33)35-7)37-18-15-31-13-16-36-17-14-31/h19-20,22-23,28,34H,8-18H2,1-7H3/t22-,23-,28?. The molecule has 1 N–H and O–H groups in total. The molecule has 3 rings (SSSR count). The van der Waals surface area contributed by atoms with Gasteiger partial charge in [0.1, 0.15) is 12.4 Å². The second kappa shape index (κ2) is 13.9. The van der Waals surface area contributed by atoms with Gasteiger partial charge in [-0.05, 0) is 79.0 Å². The van der Waals surface area contributed by atoms with Crippen LogP contribution >= 0.6 is 0 Å². The van der Waals surface area contributed by atoms with Gasteiger partial charge in [-0.1, -0.05) is 0 Å². The van der Waals surface area contributed by atoms with Gasteiger partial charge in [0.25, 0.3) is 0 Å². The number of carbonyl (C=O) groups is 1. The summed E-state index contributed by atoms with van der Waals surface area (Å²) in [6.07, 6.45) is 2.97. The molecular weight excluding hydrogens is 486 g/mol.